The lowest BCUT2D eigenvalue weighted by Gasteiger charge is -2.18. The highest BCUT2D eigenvalue weighted by Gasteiger charge is 2.13. The Morgan fingerprint density at radius 2 is 2.00 bits per heavy atom. The van der Waals surface area contributed by atoms with Crippen molar-refractivity contribution in [2.45, 2.75) is 38.8 Å². The van der Waals surface area contributed by atoms with E-state index in [-0.39, 0.29) is 11.9 Å². The predicted molar refractivity (Wildman–Crippen MR) is 66.0 cm³/mol. The molecular weight excluding hydrogens is 200 g/mol. The first-order chi connectivity index (χ1) is 7.63. The topological polar surface area (TPSA) is 55.1 Å². The van der Waals surface area contributed by atoms with Gasteiger partial charge >= 0.3 is 0 Å². The first-order valence-electron chi connectivity index (χ1n) is 5.73. The lowest BCUT2D eigenvalue weighted by atomic mass is 10.0. The van der Waals surface area contributed by atoms with Crippen LogP contribution in [0.2, 0.25) is 0 Å². The van der Waals surface area contributed by atoms with Crippen LogP contribution in [0.15, 0.2) is 30.3 Å². The number of rotatable bonds is 5. The van der Waals surface area contributed by atoms with Crippen molar-refractivity contribution >= 4 is 5.91 Å². The third kappa shape index (κ3) is 4.03. The molecule has 1 amide bonds. The summed E-state index contributed by atoms with van der Waals surface area (Å²) in [4.78, 5) is 11.5. The summed E-state index contributed by atoms with van der Waals surface area (Å²) >= 11 is 0. The highest BCUT2D eigenvalue weighted by atomic mass is 16.2. The minimum Gasteiger partial charge on any atom is -0.352 e. The maximum atomic E-state index is 11.5. The molecule has 1 unspecified atom stereocenters. The Balaban J connectivity index is 2.53. The number of amides is 1. The Kier molecular flexibility index (Phi) is 4.99. The van der Waals surface area contributed by atoms with E-state index in [0.717, 1.165) is 12.8 Å². The fourth-order valence-electron chi connectivity index (χ4n) is 1.53. The second-order valence-corrected chi connectivity index (χ2v) is 4.09. The summed E-state index contributed by atoms with van der Waals surface area (Å²) in [5.41, 5.74) is 6.76. The van der Waals surface area contributed by atoms with Gasteiger partial charge in [-0.15, -0.1) is 0 Å². The average molecular weight is 220 g/mol. The SMILES string of the molecule is CCC(Cc1ccccc1)NC(=O)[C@H](C)N. The van der Waals surface area contributed by atoms with Crippen molar-refractivity contribution in [2.75, 3.05) is 0 Å². The van der Waals surface area contributed by atoms with E-state index >= 15 is 0 Å². The summed E-state index contributed by atoms with van der Waals surface area (Å²) in [5, 5.41) is 2.95. The third-order valence-electron chi connectivity index (χ3n) is 2.58. The number of carbonyl (C=O) groups excluding carboxylic acids is 1. The minimum absolute atomic E-state index is 0.0808. The van der Waals surface area contributed by atoms with Gasteiger partial charge in [0.25, 0.3) is 0 Å². The third-order valence-corrected chi connectivity index (χ3v) is 2.58. The van der Waals surface area contributed by atoms with Gasteiger partial charge in [-0.05, 0) is 25.3 Å². The molecule has 88 valence electrons. The Morgan fingerprint density at radius 1 is 1.38 bits per heavy atom. The Labute approximate surface area is 97.0 Å². The van der Waals surface area contributed by atoms with E-state index in [4.69, 9.17) is 5.73 Å². The highest BCUT2D eigenvalue weighted by molar-refractivity contribution is 5.81. The van der Waals surface area contributed by atoms with Crippen LogP contribution in [-0.4, -0.2) is 18.0 Å². The number of benzene rings is 1. The highest BCUT2D eigenvalue weighted by Crippen LogP contribution is 2.05. The largest absolute Gasteiger partial charge is 0.352 e. The second-order valence-electron chi connectivity index (χ2n) is 4.09. The van der Waals surface area contributed by atoms with E-state index in [1.165, 1.54) is 5.56 Å². The van der Waals surface area contributed by atoms with Gasteiger partial charge in [-0.3, -0.25) is 4.79 Å². The fourth-order valence-corrected chi connectivity index (χ4v) is 1.53. The van der Waals surface area contributed by atoms with Crippen molar-refractivity contribution in [3.05, 3.63) is 35.9 Å². The van der Waals surface area contributed by atoms with Crippen LogP contribution in [0.5, 0.6) is 0 Å². The van der Waals surface area contributed by atoms with Gasteiger partial charge in [0.15, 0.2) is 0 Å². The summed E-state index contributed by atoms with van der Waals surface area (Å²) < 4.78 is 0. The van der Waals surface area contributed by atoms with Crippen molar-refractivity contribution in [1.29, 1.82) is 0 Å². The molecule has 3 N–H and O–H groups in total. The zero-order valence-corrected chi connectivity index (χ0v) is 9.94. The lowest BCUT2D eigenvalue weighted by molar-refractivity contribution is -0.122. The molecule has 0 saturated carbocycles. The summed E-state index contributed by atoms with van der Waals surface area (Å²) in [7, 11) is 0. The molecule has 0 radical (unpaired) electrons. The van der Waals surface area contributed by atoms with Crippen LogP contribution in [0.1, 0.15) is 25.8 Å². The van der Waals surface area contributed by atoms with Crippen molar-refractivity contribution in [2.24, 2.45) is 5.73 Å². The number of hydrogen-bond donors (Lipinski definition) is 2. The van der Waals surface area contributed by atoms with Crippen LogP contribution < -0.4 is 11.1 Å². The van der Waals surface area contributed by atoms with Gasteiger partial charge < -0.3 is 11.1 Å². The Morgan fingerprint density at radius 3 is 2.50 bits per heavy atom. The molecule has 0 spiro atoms. The average Bonchev–Trinajstić information content (AvgIpc) is 2.29. The molecular formula is C13H20N2O. The van der Waals surface area contributed by atoms with Crippen molar-refractivity contribution in [3.63, 3.8) is 0 Å². The molecule has 16 heavy (non-hydrogen) atoms. The molecule has 0 fully saturated rings. The second kappa shape index (κ2) is 6.28. The zero-order valence-electron chi connectivity index (χ0n) is 9.94. The van der Waals surface area contributed by atoms with E-state index in [1.54, 1.807) is 6.92 Å². The molecule has 0 saturated heterocycles. The molecule has 0 aromatic heterocycles. The van der Waals surface area contributed by atoms with Gasteiger partial charge in [0.05, 0.1) is 6.04 Å². The molecule has 2 atom stereocenters. The molecule has 1 aromatic carbocycles. The summed E-state index contributed by atoms with van der Waals surface area (Å²) in [6.45, 7) is 3.76. The number of carbonyl (C=O) groups is 1. The smallest absolute Gasteiger partial charge is 0.236 e. The van der Waals surface area contributed by atoms with E-state index < -0.39 is 6.04 Å². The Hall–Kier alpha value is -1.35. The molecule has 0 aliphatic heterocycles. The molecule has 0 aliphatic rings. The predicted octanol–water partition coefficient (Wildman–Crippen LogP) is 1.47. The maximum absolute atomic E-state index is 11.5. The molecule has 1 rings (SSSR count). The van der Waals surface area contributed by atoms with E-state index in [2.05, 4.69) is 24.4 Å². The van der Waals surface area contributed by atoms with Crippen LogP contribution in [0.25, 0.3) is 0 Å². The van der Waals surface area contributed by atoms with E-state index in [0.29, 0.717) is 0 Å². The zero-order chi connectivity index (χ0) is 12.0. The van der Waals surface area contributed by atoms with Gasteiger partial charge in [0, 0.05) is 6.04 Å². The van der Waals surface area contributed by atoms with Crippen LogP contribution in [-0.2, 0) is 11.2 Å². The van der Waals surface area contributed by atoms with Crippen LogP contribution in [0, 0.1) is 0 Å². The van der Waals surface area contributed by atoms with E-state index in [1.807, 2.05) is 18.2 Å². The fraction of sp³-hybridized carbons (Fsp3) is 0.462. The molecule has 0 aliphatic carbocycles. The van der Waals surface area contributed by atoms with Gasteiger partial charge in [0.1, 0.15) is 0 Å². The molecule has 3 nitrogen and oxygen atoms in total. The van der Waals surface area contributed by atoms with Crippen molar-refractivity contribution in [3.8, 4) is 0 Å². The van der Waals surface area contributed by atoms with Crippen LogP contribution >= 0.6 is 0 Å². The van der Waals surface area contributed by atoms with Gasteiger partial charge in [0.2, 0.25) is 5.91 Å². The number of nitrogens with one attached hydrogen (secondary N) is 1. The summed E-state index contributed by atoms with van der Waals surface area (Å²) in [5.74, 6) is -0.0808. The van der Waals surface area contributed by atoms with E-state index in [9.17, 15) is 4.79 Å². The summed E-state index contributed by atoms with van der Waals surface area (Å²) in [6, 6.07) is 9.88. The van der Waals surface area contributed by atoms with Crippen molar-refractivity contribution < 1.29 is 4.79 Å². The normalized spacial score (nSPS) is 14.2. The quantitative estimate of drug-likeness (QED) is 0.789. The van der Waals surface area contributed by atoms with Gasteiger partial charge in [-0.25, -0.2) is 0 Å². The minimum atomic E-state index is -0.440. The summed E-state index contributed by atoms with van der Waals surface area (Å²) in [6.07, 6.45) is 1.77. The number of nitrogens with two attached hydrogens (primary N) is 1. The molecule has 0 heterocycles. The Bertz CT molecular complexity index is 322. The molecule has 1 aromatic rings. The van der Waals surface area contributed by atoms with Crippen molar-refractivity contribution in [1.82, 2.24) is 5.32 Å². The van der Waals surface area contributed by atoms with Gasteiger partial charge in [-0.2, -0.15) is 0 Å². The molecule has 3 heteroatoms. The first-order valence-corrected chi connectivity index (χ1v) is 5.73. The van der Waals surface area contributed by atoms with Gasteiger partial charge in [-0.1, -0.05) is 37.3 Å². The standard InChI is InChI=1S/C13H20N2O/c1-3-12(15-13(16)10(2)14)9-11-7-5-4-6-8-11/h4-8,10,12H,3,9,14H2,1-2H3,(H,15,16)/t10-,12?/m0/s1. The monoisotopic (exact) mass is 220 g/mol. The lowest BCUT2D eigenvalue weighted by Crippen LogP contribution is -2.44. The molecule has 0 bridgehead atoms. The van der Waals surface area contributed by atoms with Crippen LogP contribution in [0.4, 0.5) is 0 Å². The number of hydrogen-bond acceptors (Lipinski definition) is 2. The first kappa shape index (κ1) is 12.7. The van der Waals surface area contributed by atoms with Crippen LogP contribution in [0.3, 0.4) is 0 Å². The maximum Gasteiger partial charge on any atom is 0.236 e.